The fourth-order valence-electron chi connectivity index (χ4n) is 1.54. The van der Waals surface area contributed by atoms with E-state index in [1.165, 1.54) is 0 Å². The molecule has 3 unspecified atom stereocenters. The Bertz CT molecular complexity index is 159. The van der Waals surface area contributed by atoms with Gasteiger partial charge in [-0.3, -0.25) is 0 Å². The average molecular weight is 187 g/mol. The van der Waals surface area contributed by atoms with E-state index < -0.39 is 0 Å². The van der Waals surface area contributed by atoms with Gasteiger partial charge in [-0.1, -0.05) is 0 Å². The highest BCUT2D eigenvalue weighted by Gasteiger charge is 2.34. The van der Waals surface area contributed by atoms with Crippen molar-refractivity contribution in [1.82, 2.24) is 5.32 Å². The molecule has 0 aromatic rings. The van der Waals surface area contributed by atoms with Crippen molar-refractivity contribution >= 4 is 0 Å². The zero-order valence-electron chi connectivity index (χ0n) is 9.09. The average Bonchev–Trinajstić information content (AvgIpc) is 2.09. The minimum Gasteiger partial charge on any atom is -0.379 e. The molecule has 78 valence electrons. The summed E-state index contributed by atoms with van der Waals surface area (Å²) >= 11 is 0. The molecule has 0 bridgehead atoms. The van der Waals surface area contributed by atoms with E-state index in [2.05, 4.69) is 26.1 Å². The molecule has 3 atom stereocenters. The minimum atomic E-state index is -0.151. The Balaban J connectivity index is 2.41. The van der Waals surface area contributed by atoms with Gasteiger partial charge in [0, 0.05) is 19.2 Å². The van der Waals surface area contributed by atoms with E-state index in [0.29, 0.717) is 12.6 Å². The van der Waals surface area contributed by atoms with Crippen LogP contribution in [0, 0.1) is 0 Å². The summed E-state index contributed by atoms with van der Waals surface area (Å²) in [6.45, 7) is 10.6. The second-order valence-corrected chi connectivity index (χ2v) is 4.08. The fraction of sp³-hybridized carbons (Fsp3) is 1.00. The van der Waals surface area contributed by atoms with Gasteiger partial charge >= 0.3 is 0 Å². The topological polar surface area (TPSA) is 30.5 Å². The molecule has 1 aliphatic heterocycles. The van der Waals surface area contributed by atoms with Gasteiger partial charge in [0.2, 0.25) is 0 Å². The molecule has 1 saturated heterocycles. The molecular weight excluding hydrogens is 166 g/mol. The van der Waals surface area contributed by atoms with Gasteiger partial charge < -0.3 is 14.8 Å². The third kappa shape index (κ3) is 2.93. The Morgan fingerprint density at radius 1 is 1.54 bits per heavy atom. The monoisotopic (exact) mass is 187 g/mol. The van der Waals surface area contributed by atoms with Crippen LogP contribution in [0.3, 0.4) is 0 Å². The van der Waals surface area contributed by atoms with E-state index in [1.54, 1.807) is 0 Å². The molecule has 1 aliphatic rings. The molecule has 1 N–H and O–H groups in total. The second-order valence-electron chi connectivity index (χ2n) is 4.08. The molecule has 0 saturated carbocycles. The largest absolute Gasteiger partial charge is 0.379 e. The van der Waals surface area contributed by atoms with Crippen molar-refractivity contribution in [3.8, 4) is 0 Å². The van der Waals surface area contributed by atoms with Gasteiger partial charge in [0.15, 0.2) is 0 Å². The molecule has 3 heteroatoms. The van der Waals surface area contributed by atoms with Crippen LogP contribution in [0.4, 0.5) is 0 Å². The standard InChI is InChI=1S/C10H21NO2/c1-5-12-7-10(4)6-11-8(2)9(3)13-10/h8-9,11H,5-7H2,1-4H3. The van der Waals surface area contributed by atoms with Crippen LogP contribution in [0.5, 0.6) is 0 Å². The summed E-state index contributed by atoms with van der Waals surface area (Å²) in [6, 6.07) is 0.440. The molecule has 0 aliphatic carbocycles. The lowest BCUT2D eigenvalue weighted by Crippen LogP contribution is -2.57. The van der Waals surface area contributed by atoms with Crippen LogP contribution in [-0.2, 0) is 9.47 Å². The second kappa shape index (κ2) is 4.40. The Labute approximate surface area is 80.8 Å². The van der Waals surface area contributed by atoms with Crippen molar-refractivity contribution in [2.45, 2.75) is 45.4 Å². The lowest BCUT2D eigenvalue weighted by atomic mass is 10.0. The summed E-state index contributed by atoms with van der Waals surface area (Å²) in [4.78, 5) is 0. The molecule has 13 heavy (non-hydrogen) atoms. The Kier molecular flexibility index (Phi) is 3.71. The summed E-state index contributed by atoms with van der Waals surface area (Å²) in [5.74, 6) is 0. The predicted octanol–water partition coefficient (Wildman–Crippen LogP) is 1.18. The van der Waals surface area contributed by atoms with Crippen molar-refractivity contribution in [3.63, 3.8) is 0 Å². The molecule has 0 amide bonds. The summed E-state index contributed by atoms with van der Waals surface area (Å²) in [5, 5.41) is 3.43. The van der Waals surface area contributed by atoms with Crippen molar-refractivity contribution in [1.29, 1.82) is 0 Å². The van der Waals surface area contributed by atoms with Gasteiger partial charge in [0.1, 0.15) is 5.60 Å². The summed E-state index contributed by atoms with van der Waals surface area (Å²) < 4.78 is 11.3. The third-order valence-electron chi connectivity index (χ3n) is 2.58. The van der Waals surface area contributed by atoms with E-state index in [4.69, 9.17) is 9.47 Å². The third-order valence-corrected chi connectivity index (χ3v) is 2.58. The Morgan fingerprint density at radius 3 is 2.77 bits per heavy atom. The summed E-state index contributed by atoms with van der Waals surface area (Å²) in [7, 11) is 0. The normalized spacial score (nSPS) is 40.6. The van der Waals surface area contributed by atoms with E-state index >= 15 is 0 Å². The van der Waals surface area contributed by atoms with Crippen LogP contribution in [0.2, 0.25) is 0 Å². The van der Waals surface area contributed by atoms with Crippen LogP contribution >= 0.6 is 0 Å². The first kappa shape index (κ1) is 11.0. The van der Waals surface area contributed by atoms with E-state index in [1.807, 2.05) is 6.92 Å². The van der Waals surface area contributed by atoms with Gasteiger partial charge in [0.05, 0.1) is 12.7 Å². The van der Waals surface area contributed by atoms with Crippen LogP contribution in [-0.4, -0.2) is 37.5 Å². The first-order chi connectivity index (χ1) is 6.07. The maximum absolute atomic E-state index is 5.90. The van der Waals surface area contributed by atoms with E-state index in [9.17, 15) is 0 Å². The lowest BCUT2D eigenvalue weighted by molar-refractivity contribution is -0.146. The van der Waals surface area contributed by atoms with Crippen molar-refractivity contribution < 1.29 is 9.47 Å². The Hall–Kier alpha value is -0.120. The molecule has 0 spiro atoms. The highest BCUT2D eigenvalue weighted by molar-refractivity contribution is 4.87. The molecule has 0 aromatic carbocycles. The summed E-state index contributed by atoms with van der Waals surface area (Å²) in [6.07, 6.45) is 0.263. The van der Waals surface area contributed by atoms with Gasteiger partial charge in [-0.25, -0.2) is 0 Å². The maximum atomic E-state index is 5.90. The number of hydrogen-bond donors (Lipinski definition) is 1. The zero-order chi connectivity index (χ0) is 9.90. The first-order valence-electron chi connectivity index (χ1n) is 5.06. The van der Waals surface area contributed by atoms with Gasteiger partial charge in [0.25, 0.3) is 0 Å². The number of ether oxygens (including phenoxy) is 2. The quantitative estimate of drug-likeness (QED) is 0.719. The number of nitrogens with one attached hydrogen (secondary N) is 1. The SMILES string of the molecule is CCOCC1(C)CNC(C)C(C)O1. The minimum absolute atomic E-state index is 0.151. The van der Waals surface area contributed by atoms with Crippen molar-refractivity contribution in [2.75, 3.05) is 19.8 Å². The van der Waals surface area contributed by atoms with Crippen LogP contribution < -0.4 is 5.32 Å². The number of rotatable bonds is 3. The van der Waals surface area contributed by atoms with Gasteiger partial charge in [-0.15, -0.1) is 0 Å². The number of hydrogen-bond acceptors (Lipinski definition) is 3. The zero-order valence-corrected chi connectivity index (χ0v) is 9.09. The number of morpholine rings is 1. The molecule has 1 heterocycles. The fourth-order valence-corrected chi connectivity index (χ4v) is 1.54. The van der Waals surface area contributed by atoms with Crippen LogP contribution in [0.1, 0.15) is 27.7 Å². The molecule has 1 fully saturated rings. The maximum Gasteiger partial charge on any atom is 0.101 e. The van der Waals surface area contributed by atoms with E-state index in [0.717, 1.165) is 13.2 Å². The molecule has 0 radical (unpaired) electrons. The first-order valence-corrected chi connectivity index (χ1v) is 5.06. The van der Waals surface area contributed by atoms with Crippen LogP contribution in [0.15, 0.2) is 0 Å². The molecule has 1 rings (SSSR count). The molecular formula is C10H21NO2. The highest BCUT2D eigenvalue weighted by Crippen LogP contribution is 2.19. The smallest absolute Gasteiger partial charge is 0.101 e. The molecule has 3 nitrogen and oxygen atoms in total. The van der Waals surface area contributed by atoms with Gasteiger partial charge in [-0.2, -0.15) is 0 Å². The summed E-state index contributed by atoms with van der Waals surface area (Å²) in [5.41, 5.74) is -0.151. The van der Waals surface area contributed by atoms with Crippen molar-refractivity contribution in [2.24, 2.45) is 0 Å². The van der Waals surface area contributed by atoms with Crippen molar-refractivity contribution in [3.05, 3.63) is 0 Å². The lowest BCUT2D eigenvalue weighted by Gasteiger charge is -2.41. The molecule has 0 aromatic heterocycles. The van der Waals surface area contributed by atoms with Gasteiger partial charge in [-0.05, 0) is 27.7 Å². The van der Waals surface area contributed by atoms with E-state index in [-0.39, 0.29) is 11.7 Å². The predicted molar refractivity (Wildman–Crippen MR) is 52.9 cm³/mol. The van der Waals surface area contributed by atoms with Crippen LogP contribution in [0.25, 0.3) is 0 Å². The Morgan fingerprint density at radius 2 is 2.23 bits per heavy atom. The highest BCUT2D eigenvalue weighted by atomic mass is 16.6.